The second kappa shape index (κ2) is 5.81. The quantitative estimate of drug-likeness (QED) is 0.809. The molecule has 0 fully saturated rings. The summed E-state index contributed by atoms with van der Waals surface area (Å²) >= 11 is 5.52. The largest absolute Gasteiger partial charge is 0.503 e. The van der Waals surface area contributed by atoms with Gasteiger partial charge in [0.2, 0.25) is 5.82 Å². The average Bonchev–Trinajstić information content (AvgIpc) is 2.38. The highest BCUT2D eigenvalue weighted by Crippen LogP contribution is 2.30. The Bertz CT molecular complexity index is 838. The van der Waals surface area contributed by atoms with Crippen LogP contribution in [0.5, 0.6) is 5.75 Å². The second-order valence-corrected chi connectivity index (χ2v) is 6.25. The minimum absolute atomic E-state index is 0.242. The molecule has 0 amide bonds. The van der Waals surface area contributed by atoms with Crippen molar-refractivity contribution in [2.24, 2.45) is 0 Å². The molecule has 0 aliphatic heterocycles. The molecule has 1 aromatic heterocycles. The van der Waals surface area contributed by atoms with E-state index in [0.717, 1.165) is 12.1 Å². The molecule has 12 heteroatoms. The Balaban J connectivity index is 2.45. The van der Waals surface area contributed by atoms with E-state index in [1.807, 2.05) is 0 Å². The molecule has 23 heavy (non-hydrogen) atoms. The van der Waals surface area contributed by atoms with Gasteiger partial charge < -0.3 is 5.11 Å². The number of nitrogens with zero attached hydrogens (tertiary/aromatic N) is 2. The molecule has 1 aromatic carbocycles. The lowest BCUT2D eigenvalue weighted by atomic mass is 10.3. The molecule has 0 aliphatic carbocycles. The molecule has 0 saturated heterocycles. The van der Waals surface area contributed by atoms with Crippen LogP contribution >= 0.6 is 11.6 Å². The van der Waals surface area contributed by atoms with Gasteiger partial charge in [0.05, 0.1) is 11.1 Å². The van der Waals surface area contributed by atoms with Gasteiger partial charge in [-0.05, 0) is 18.2 Å². The monoisotopic (exact) mass is 371 g/mol. The summed E-state index contributed by atoms with van der Waals surface area (Å²) in [6.07, 6.45) is -4.57. The summed E-state index contributed by atoms with van der Waals surface area (Å²) in [7, 11) is -4.54. The molecule has 0 atom stereocenters. The smallest absolute Gasteiger partial charge is 0.451 e. The van der Waals surface area contributed by atoms with E-state index in [1.165, 1.54) is 0 Å². The van der Waals surface area contributed by atoms with Crippen molar-refractivity contribution in [3.8, 4) is 5.75 Å². The minimum Gasteiger partial charge on any atom is -0.503 e. The van der Waals surface area contributed by atoms with Crippen LogP contribution in [0.4, 0.5) is 23.4 Å². The van der Waals surface area contributed by atoms with Crippen molar-refractivity contribution < 1.29 is 31.1 Å². The maximum atomic E-state index is 13.2. The van der Waals surface area contributed by atoms with E-state index >= 15 is 0 Å². The van der Waals surface area contributed by atoms with E-state index in [4.69, 9.17) is 11.6 Å². The summed E-state index contributed by atoms with van der Waals surface area (Å²) in [5.41, 5.74) is 0. The first-order valence-corrected chi connectivity index (χ1v) is 7.47. The molecule has 2 rings (SSSR count). The van der Waals surface area contributed by atoms with Gasteiger partial charge in [0.25, 0.3) is 10.0 Å². The van der Waals surface area contributed by atoms with Gasteiger partial charge in [0.1, 0.15) is 5.82 Å². The van der Waals surface area contributed by atoms with E-state index in [2.05, 4.69) is 9.97 Å². The average molecular weight is 372 g/mol. The first kappa shape index (κ1) is 17.2. The fourth-order valence-electron chi connectivity index (χ4n) is 1.46. The fourth-order valence-corrected chi connectivity index (χ4v) is 2.82. The fraction of sp³-hybridized carbons (Fsp3) is 0.0909. The summed E-state index contributed by atoms with van der Waals surface area (Å²) in [5, 5.41) is 9.16. The summed E-state index contributed by atoms with van der Waals surface area (Å²) in [6, 6.07) is 2.30. The molecule has 0 radical (unpaired) electrons. The van der Waals surface area contributed by atoms with E-state index in [1.54, 1.807) is 4.72 Å². The van der Waals surface area contributed by atoms with Crippen LogP contribution in [0.3, 0.4) is 0 Å². The third-order valence-electron chi connectivity index (χ3n) is 2.40. The Morgan fingerprint density at radius 2 is 1.87 bits per heavy atom. The SMILES string of the molecule is O=S(=O)(Nc1nc(C(F)(F)F)ncc1O)c1cc(F)cc(Cl)c1. The van der Waals surface area contributed by atoms with E-state index in [9.17, 15) is 31.1 Å². The molecule has 0 unspecified atom stereocenters. The summed E-state index contributed by atoms with van der Waals surface area (Å²) in [6.45, 7) is 0. The molecule has 0 bridgehead atoms. The van der Waals surface area contributed by atoms with E-state index in [0.29, 0.717) is 12.3 Å². The Morgan fingerprint density at radius 3 is 2.43 bits per heavy atom. The van der Waals surface area contributed by atoms with Gasteiger partial charge in [0, 0.05) is 5.02 Å². The predicted molar refractivity (Wildman–Crippen MR) is 70.9 cm³/mol. The van der Waals surface area contributed by atoms with E-state index in [-0.39, 0.29) is 5.02 Å². The van der Waals surface area contributed by atoms with Gasteiger partial charge in [-0.25, -0.2) is 22.8 Å². The molecule has 1 heterocycles. The van der Waals surface area contributed by atoms with Crippen LogP contribution in [0, 0.1) is 5.82 Å². The normalized spacial score (nSPS) is 12.2. The van der Waals surface area contributed by atoms with Crippen molar-refractivity contribution in [1.82, 2.24) is 9.97 Å². The van der Waals surface area contributed by atoms with Crippen LogP contribution in [0.15, 0.2) is 29.3 Å². The number of halogens is 5. The number of sulfonamides is 1. The van der Waals surface area contributed by atoms with Crippen LogP contribution in [0.1, 0.15) is 5.82 Å². The van der Waals surface area contributed by atoms with Crippen molar-refractivity contribution in [1.29, 1.82) is 0 Å². The third-order valence-corrected chi connectivity index (χ3v) is 3.94. The van der Waals surface area contributed by atoms with Gasteiger partial charge >= 0.3 is 6.18 Å². The molecule has 6 nitrogen and oxygen atoms in total. The number of nitrogens with one attached hydrogen (secondary N) is 1. The molecular formula is C11H6ClF4N3O3S. The zero-order chi connectivity index (χ0) is 17.4. The Morgan fingerprint density at radius 1 is 1.22 bits per heavy atom. The van der Waals surface area contributed by atoms with Crippen LogP contribution in [-0.2, 0) is 16.2 Å². The minimum atomic E-state index is -4.95. The topological polar surface area (TPSA) is 92.2 Å². The Hall–Kier alpha value is -2.14. The standard InChI is InChI=1S/C11H6ClF4N3O3S/c12-5-1-6(13)3-7(2-5)23(21,22)19-9-8(20)4-17-10(18-9)11(14,15)16/h1-4,20H,(H,17,18,19). The highest BCUT2D eigenvalue weighted by Gasteiger charge is 2.35. The summed E-state index contributed by atoms with van der Waals surface area (Å²) < 4.78 is 76.4. The van der Waals surface area contributed by atoms with Gasteiger partial charge in [-0.1, -0.05) is 11.6 Å². The highest BCUT2D eigenvalue weighted by molar-refractivity contribution is 7.92. The number of rotatable bonds is 3. The van der Waals surface area contributed by atoms with E-state index < -0.39 is 44.3 Å². The third kappa shape index (κ3) is 3.99. The first-order valence-electron chi connectivity index (χ1n) is 5.61. The molecule has 0 spiro atoms. The maximum absolute atomic E-state index is 13.2. The van der Waals surface area contributed by atoms with Gasteiger partial charge in [0.15, 0.2) is 11.6 Å². The lowest BCUT2D eigenvalue weighted by Gasteiger charge is -2.11. The Labute approximate surface area is 131 Å². The lowest BCUT2D eigenvalue weighted by Crippen LogP contribution is -2.17. The number of anilines is 1. The number of hydrogen-bond donors (Lipinski definition) is 2. The molecule has 124 valence electrons. The van der Waals surface area contributed by atoms with Crippen molar-refractivity contribution in [2.75, 3.05) is 4.72 Å². The molecular weight excluding hydrogens is 366 g/mol. The number of aromatic nitrogens is 2. The maximum Gasteiger partial charge on any atom is 0.451 e. The summed E-state index contributed by atoms with van der Waals surface area (Å²) in [4.78, 5) is 5.08. The number of hydrogen-bond acceptors (Lipinski definition) is 5. The molecule has 2 N–H and O–H groups in total. The van der Waals surface area contributed by atoms with Gasteiger partial charge in [-0.3, -0.25) is 4.72 Å². The van der Waals surface area contributed by atoms with Crippen LogP contribution in [0.2, 0.25) is 5.02 Å². The number of alkyl halides is 3. The van der Waals surface area contributed by atoms with Gasteiger partial charge in [-0.2, -0.15) is 13.2 Å². The molecule has 0 saturated carbocycles. The first-order chi connectivity index (χ1) is 10.5. The second-order valence-electron chi connectivity index (χ2n) is 4.14. The van der Waals surface area contributed by atoms with Crippen molar-refractivity contribution in [3.63, 3.8) is 0 Å². The highest BCUT2D eigenvalue weighted by atomic mass is 35.5. The predicted octanol–water partition coefficient (Wildman–Crippen LogP) is 2.79. The van der Waals surface area contributed by atoms with Crippen molar-refractivity contribution in [3.05, 3.63) is 41.1 Å². The zero-order valence-corrected chi connectivity index (χ0v) is 12.3. The van der Waals surface area contributed by atoms with Crippen LogP contribution in [0.25, 0.3) is 0 Å². The Kier molecular flexibility index (Phi) is 4.35. The van der Waals surface area contributed by atoms with Crippen molar-refractivity contribution in [2.45, 2.75) is 11.1 Å². The molecule has 2 aromatic rings. The van der Waals surface area contributed by atoms with Crippen LogP contribution < -0.4 is 4.72 Å². The lowest BCUT2D eigenvalue weighted by molar-refractivity contribution is -0.144. The van der Waals surface area contributed by atoms with Crippen molar-refractivity contribution >= 4 is 27.4 Å². The van der Waals surface area contributed by atoms with Crippen LogP contribution in [-0.4, -0.2) is 23.5 Å². The molecule has 0 aliphatic rings. The summed E-state index contributed by atoms with van der Waals surface area (Å²) in [5.74, 6) is -4.58. The van der Waals surface area contributed by atoms with Gasteiger partial charge in [-0.15, -0.1) is 0 Å². The number of benzene rings is 1. The zero-order valence-electron chi connectivity index (χ0n) is 10.8. The number of aromatic hydroxyl groups is 1.